The van der Waals surface area contributed by atoms with Crippen LogP contribution in [-0.2, 0) is 18.3 Å². The average Bonchev–Trinajstić information content (AvgIpc) is 3.19. The molecule has 2 bridgehead atoms. The maximum absolute atomic E-state index is 13.4. The molecule has 1 amide bonds. The lowest BCUT2D eigenvalue weighted by Gasteiger charge is -2.41. The Balaban J connectivity index is 1.29. The van der Waals surface area contributed by atoms with E-state index in [4.69, 9.17) is 0 Å². The molecule has 2 atom stereocenters. The van der Waals surface area contributed by atoms with Crippen molar-refractivity contribution in [2.24, 2.45) is 7.05 Å². The van der Waals surface area contributed by atoms with Crippen molar-refractivity contribution < 1.29 is 9.18 Å². The SMILES string of the molecule is Cn1ncc2c(N3C4CCC3CC(NC(=O)Cc3cccc(F)c3)C4)ccnc21. The maximum Gasteiger partial charge on any atom is 0.224 e. The van der Waals surface area contributed by atoms with Gasteiger partial charge < -0.3 is 10.2 Å². The lowest BCUT2D eigenvalue weighted by atomic mass is 9.96. The summed E-state index contributed by atoms with van der Waals surface area (Å²) >= 11 is 0. The predicted octanol–water partition coefficient (Wildman–Crippen LogP) is 2.97. The highest BCUT2D eigenvalue weighted by Crippen LogP contribution is 2.41. The summed E-state index contributed by atoms with van der Waals surface area (Å²) in [4.78, 5) is 19.5. The fourth-order valence-electron chi connectivity index (χ4n) is 5.06. The van der Waals surface area contributed by atoms with Crippen LogP contribution in [-0.4, -0.2) is 38.8 Å². The van der Waals surface area contributed by atoms with Crippen LogP contribution in [0.5, 0.6) is 0 Å². The molecule has 0 aliphatic carbocycles. The molecule has 2 aromatic heterocycles. The van der Waals surface area contributed by atoms with Crippen LogP contribution in [0.4, 0.5) is 10.1 Å². The first-order chi connectivity index (χ1) is 14.1. The van der Waals surface area contributed by atoms with E-state index < -0.39 is 0 Å². The Hall–Kier alpha value is -2.96. The number of hydrogen-bond acceptors (Lipinski definition) is 4. The summed E-state index contributed by atoms with van der Waals surface area (Å²) < 4.78 is 15.2. The number of rotatable bonds is 4. The minimum Gasteiger partial charge on any atom is -0.365 e. The van der Waals surface area contributed by atoms with Crippen molar-refractivity contribution in [3.8, 4) is 0 Å². The van der Waals surface area contributed by atoms with Crippen molar-refractivity contribution in [2.45, 2.75) is 50.2 Å². The highest BCUT2D eigenvalue weighted by molar-refractivity contribution is 5.89. The first kappa shape index (κ1) is 18.1. The summed E-state index contributed by atoms with van der Waals surface area (Å²) in [5.41, 5.74) is 2.80. The summed E-state index contributed by atoms with van der Waals surface area (Å²) in [6.07, 6.45) is 8.07. The number of hydrogen-bond donors (Lipinski definition) is 1. The lowest BCUT2D eigenvalue weighted by molar-refractivity contribution is -0.121. The van der Waals surface area contributed by atoms with E-state index in [-0.39, 0.29) is 24.2 Å². The monoisotopic (exact) mass is 393 g/mol. The van der Waals surface area contributed by atoms with Gasteiger partial charge in [-0.25, -0.2) is 9.37 Å². The van der Waals surface area contributed by atoms with Crippen LogP contribution in [0, 0.1) is 5.82 Å². The Bertz CT molecular complexity index is 1050. The lowest BCUT2D eigenvalue weighted by Crippen LogP contribution is -2.50. The van der Waals surface area contributed by atoms with Crippen LogP contribution in [0.15, 0.2) is 42.7 Å². The predicted molar refractivity (Wildman–Crippen MR) is 109 cm³/mol. The molecular weight excluding hydrogens is 369 g/mol. The van der Waals surface area contributed by atoms with E-state index in [0.717, 1.165) is 36.7 Å². The quantitative estimate of drug-likeness (QED) is 0.740. The number of halogens is 1. The highest BCUT2D eigenvalue weighted by atomic mass is 19.1. The van der Waals surface area contributed by atoms with Crippen molar-refractivity contribution >= 4 is 22.6 Å². The number of aryl methyl sites for hydroxylation is 1. The third-order valence-corrected chi connectivity index (χ3v) is 6.24. The Morgan fingerprint density at radius 2 is 2.03 bits per heavy atom. The molecule has 2 unspecified atom stereocenters. The van der Waals surface area contributed by atoms with Crippen molar-refractivity contribution in [3.63, 3.8) is 0 Å². The summed E-state index contributed by atoms with van der Waals surface area (Å²) in [5.74, 6) is -0.340. The number of piperidine rings is 1. The molecule has 0 saturated carbocycles. The van der Waals surface area contributed by atoms with Crippen LogP contribution in [0.25, 0.3) is 11.0 Å². The molecule has 2 aliphatic rings. The van der Waals surface area contributed by atoms with E-state index in [1.807, 2.05) is 19.4 Å². The van der Waals surface area contributed by atoms with Gasteiger partial charge in [0.25, 0.3) is 0 Å². The smallest absolute Gasteiger partial charge is 0.224 e. The van der Waals surface area contributed by atoms with Crippen LogP contribution < -0.4 is 10.2 Å². The summed E-state index contributed by atoms with van der Waals surface area (Å²) in [6, 6.07) is 9.30. The van der Waals surface area contributed by atoms with E-state index >= 15 is 0 Å². The Morgan fingerprint density at radius 1 is 1.24 bits per heavy atom. The minimum absolute atomic E-state index is 0.0352. The van der Waals surface area contributed by atoms with E-state index in [1.54, 1.807) is 16.8 Å². The van der Waals surface area contributed by atoms with E-state index in [9.17, 15) is 9.18 Å². The third-order valence-electron chi connectivity index (χ3n) is 6.24. The molecular formula is C22H24FN5O. The molecule has 6 nitrogen and oxygen atoms in total. The number of anilines is 1. The highest BCUT2D eigenvalue weighted by Gasteiger charge is 2.41. The molecule has 0 radical (unpaired) electrons. The normalized spacial score (nSPS) is 23.5. The van der Waals surface area contributed by atoms with E-state index in [2.05, 4.69) is 26.4 Å². The van der Waals surface area contributed by atoms with Crippen molar-refractivity contribution in [2.75, 3.05) is 4.90 Å². The number of nitrogens with one attached hydrogen (secondary N) is 1. The van der Waals surface area contributed by atoms with Crippen LogP contribution >= 0.6 is 0 Å². The number of benzene rings is 1. The Kier molecular flexibility index (Phi) is 4.45. The maximum atomic E-state index is 13.4. The van der Waals surface area contributed by atoms with Gasteiger partial charge in [-0.3, -0.25) is 9.48 Å². The van der Waals surface area contributed by atoms with Crippen LogP contribution in [0.3, 0.4) is 0 Å². The van der Waals surface area contributed by atoms with Crippen molar-refractivity contribution in [1.82, 2.24) is 20.1 Å². The molecule has 7 heteroatoms. The number of fused-ring (bicyclic) bond motifs is 3. The zero-order valence-corrected chi connectivity index (χ0v) is 16.4. The van der Waals surface area contributed by atoms with Crippen molar-refractivity contribution in [1.29, 1.82) is 0 Å². The van der Waals surface area contributed by atoms with Gasteiger partial charge in [-0.15, -0.1) is 0 Å². The van der Waals surface area contributed by atoms with Gasteiger partial charge in [0.2, 0.25) is 5.91 Å². The molecule has 150 valence electrons. The molecule has 4 heterocycles. The fraction of sp³-hybridized carbons (Fsp3) is 0.409. The zero-order valence-electron chi connectivity index (χ0n) is 16.4. The van der Waals surface area contributed by atoms with Gasteiger partial charge in [0.05, 0.1) is 23.7 Å². The first-order valence-electron chi connectivity index (χ1n) is 10.2. The third kappa shape index (κ3) is 3.34. The van der Waals surface area contributed by atoms with Gasteiger partial charge in [-0.1, -0.05) is 12.1 Å². The second kappa shape index (κ2) is 7.13. The minimum atomic E-state index is -0.305. The largest absolute Gasteiger partial charge is 0.365 e. The van der Waals surface area contributed by atoms with Gasteiger partial charge in [0, 0.05) is 31.4 Å². The molecule has 1 N–H and O–H groups in total. The number of pyridine rings is 1. The first-order valence-corrected chi connectivity index (χ1v) is 10.2. The van der Waals surface area contributed by atoms with Gasteiger partial charge in [0.15, 0.2) is 5.65 Å². The molecule has 5 rings (SSSR count). The van der Waals surface area contributed by atoms with Crippen LogP contribution in [0.2, 0.25) is 0 Å². The zero-order chi connectivity index (χ0) is 20.0. The molecule has 0 spiro atoms. The second-order valence-electron chi connectivity index (χ2n) is 8.17. The molecule has 29 heavy (non-hydrogen) atoms. The Morgan fingerprint density at radius 3 is 2.79 bits per heavy atom. The molecule has 3 aromatic rings. The van der Waals surface area contributed by atoms with Gasteiger partial charge in [-0.05, 0) is 49.4 Å². The average molecular weight is 393 g/mol. The Labute approximate surface area is 168 Å². The number of aromatic nitrogens is 3. The van der Waals surface area contributed by atoms with Gasteiger partial charge >= 0.3 is 0 Å². The number of nitrogens with zero attached hydrogens (tertiary/aromatic N) is 4. The fourth-order valence-corrected chi connectivity index (χ4v) is 5.06. The van der Waals surface area contributed by atoms with Gasteiger partial charge in [-0.2, -0.15) is 5.10 Å². The van der Waals surface area contributed by atoms with Crippen LogP contribution in [0.1, 0.15) is 31.2 Å². The molecule has 2 saturated heterocycles. The summed E-state index contributed by atoms with van der Waals surface area (Å²) in [7, 11) is 1.91. The summed E-state index contributed by atoms with van der Waals surface area (Å²) in [6.45, 7) is 0. The number of carbonyl (C=O) groups excluding carboxylic acids is 1. The molecule has 2 fully saturated rings. The second-order valence-corrected chi connectivity index (χ2v) is 8.17. The van der Waals surface area contributed by atoms with E-state index in [0.29, 0.717) is 17.6 Å². The van der Waals surface area contributed by atoms with Crippen molar-refractivity contribution in [3.05, 3.63) is 54.1 Å². The standard InChI is InChI=1S/C22H24FN5O/c1-27-22-19(13-25-27)20(7-8-24-22)28-17-5-6-18(28)12-16(11-17)26-21(29)10-14-3-2-4-15(23)9-14/h2-4,7-9,13,16-18H,5-6,10-12H2,1H3,(H,26,29). The number of amides is 1. The van der Waals surface area contributed by atoms with E-state index in [1.165, 1.54) is 17.8 Å². The number of carbonyl (C=O) groups is 1. The topological polar surface area (TPSA) is 63.1 Å². The van der Waals surface area contributed by atoms with Gasteiger partial charge in [0.1, 0.15) is 5.82 Å². The molecule has 1 aromatic carbocycles. The summed E-state index contributed by atoms with van der Waals surface area (Å²) in [5, 5.41) is 8.63. The molecule has 2 aliphatic heterocycles.